The zero-order valence-corrected chi connectivity index (χ0v) is 26.7. The smallest absolute Gasteiger partial charge is 0.332 e. The molecule has 1 aromatic carbocycles. The van der Waals surface area contributed by atoms with Gasteiger partial charge in [-0.25, -0.2) is 19.7 Å². The van der Waals surface area contributed by atoms with E-state index in [1.165, 1.54) is 39.6 Å². The zero-order chi connectivity index (χ0) is 33.8. The predicted octanol–water partition coefficient (Wildman–Crippen LogP) is 3.27. The van der Waals surface area contributed by atoms with Crippen molar-refractivity contribution in [1.29, 1.82) is 0 Å². The maximum absolute atomic E-state index is 13.7. The number of hydrogen-bond donors (Lipinski definition) is 1. The monoisotopic (exact) mass is 654 g/mol. The van der Waals surface area contributed by atoms with Crippen LogP contribution in [0.5, 0.6) is 0 Å². The summed E-state index contributed by atoms with van der Waals surface area (Å²) in [6, 6.07) is 13.4. The molecule has 0 saturated heterocycles. The molecule has 0 bridgehead atoms. The van der Waals surface area contributed by atoms with Crippen molar-refractivity contribution in [3.8, 4) is 11.4 Å². The number of aromatic amines is 1. The van der Waals surface area contributed by atoms with Gasteiger partial charge < -0.3 is 14.6 Å². The predicted molar refractivity (Wildman–Crippen MR) is 177 cm³/mol. The second-order valence-corrected chi connectivity index (χ2v) is 11.5. The van der Waals surface area contributed by atoms with Gasteiger partial charge in [-0.3, -0.25) is 28.4 Å². The quantitative estimate of drug-likeness (QED) is 0.202. The number of nitrogens with zero attached hydrogens (tertiary/aromatic N) is 7. The fourth-order valence-corrected chi connectivity index (χ4v) is 5.88. The molecular weight excluding hydrogens is 619 g/mol. The van der Waals surface area contributed by atoms with Gasteiger partial charge in [0.2, 0.25) is 5.95 Å². The standard InChI is InChI=1S/C34H35FN8O5/c1-3-14-43-33(46)28-30(42(34(43)47)18-19-48-2)39-29(38-28)23-10-12-27(37-20-23)41(31(44)24-9-11-26(35)36-21-24)16-6-15-40-17-13-22-7-4-5-8-25(22)32(40)45/h4-5,7-12,20-21H,3,6,13-19H2,1-2H3,(H,38,39). The number of pyridine rings is 2. The third-order valence-corrected chi connectivity index (χ3v) is 8.34. The van der Waals surface area contributed by atoms with Gasteiger partial charge in [0.1, 0.15) is 17.2 Å². The molecule has 0 radical (unpaired) electrons. The summed E-state index contributed by atoms with van der Waals surface area (Å²) in [7, 11) is 1.53. The average Bonchev–Trinajstić information content (AvgIpc) is 3.55. The van der Waals surface area contributed by atoms with E-state index in [0.29, 0.717) is 48.7 Å². The largest absolute Gasteiger partial charge is 0.383 e. The number of carbonyl (C=O) groups excluding carboxylic acids is 2. The molecule has 1 aliphatic rings. The summed E-state index contributed by atoms with van der Waals surface area (Å²) in [6.45, 7) is 3.84. The first kappa shape index (κ1) is 32.4. The Bertz CT molecular complexity index is 2070. The Balaban J connectivity index is 1.28. The molecule has 5 heterocycles. The van der Waals surface area contributed by atoms with E-state index in [0.717, 1.165) is 18.1 Å². The Kier molecular flexibility index (Phi) is 9.52. The van der Waals surface area contributed by atoms with Crippen molar-refractivity contribution in [2.75, 3.05) is 38.3 Å². The molecule has 1 aliphatic heterocycles. The van der Waals surface area contributed by atoms with E-state index in [2.05, 4.69) is 19.9 Å². The van der Waals surface area contributed by atoms with Crippen molar-refractivity contribution in [2.24, 2.45) is 0 Å². The summed E-state index contributed by atoms with van der Waals surface area (Å²) < 4.78 is 21.3. The van der Waals surface area contributed by atoms with E-state index in [1.807, 2.05) is 31.2 Å². The molecule has 5 aromatic rings. The van der Waals surface area contributed by atoms with Crippen LogP contribution in [0.25, 0.3) is 22.6 Å². The third-order valence-electron chi connectivity index (χ3n) is 8.34. The van der Waals surface area contributed by atoms with Crippen molar-refractivity contribution in [3.05, 3.63) is 104 Å². The van der Waals surface area contributed by atoms with Crippen molar-refractivity contribution in [3.63, 3.8) is 0 Å². The van der Waals surface area contributed by atoms with Gasteiger partial charge in [0.05, 0.1) is 18.7 Å². The fraction of sp³-hybridized carbons (Fsp3) is 0.324. The van der Waals surface area contributed by atoms with Crippen LogP contribution in [0.2, 0.25) is 0 Å². The highest BCUT2D eigenvalue weighted by Crippen LogP contribution is 2.23. The maximum Gasteiger partial charge on any atom is 0.332 e. The topological polar surface area (TPSA) is 148 Å². The van der Waals surface area contributed by atoms with Crippen molar-refractivity contribution >= 4 is 28.8 Å². The lowest BCUT2D eigenvalue weighted by Gasteiger charge is -2.29. The lowest BCUT2D eigenvalue weighted by atomic mass is 9.99. The fourth-order valence-electron chi connectivity index (χ4n) is 5.88. The second-order valence-electron chi connectivity index (χ2n) is 11.5. The molecule has 0 aliphatic carbocycles. The summed E-state index contributed by atoms with van der Waals surface area (Å²) in [6.07, 6.45) is 4.51. The molecule has 4 aromatic heterocycles. The van der Waals surface area contributed by atoms with E-state index >= 15 is 0 Å². The zero-order valence-electron chi connectivity index (χ0n) is 26.7. The highest BCUT2D eigenvalue weighted by Gasteiger charge is 2.25. The molecule has 14 heteroatoms. The lowest BCUT2D eigenvalue weighted by molar-refractivity contribution is 0.0738. The van der Waals surface area contributed by atoms with E-state index in [9.17, 15) is 23.6 Å². The number of imidazole rings is 1. The highest BCUT2D eigenvalue weighted by atomic mass is 19.1. The second kappa shape index (κ2) is 14.1. The van der Waals surface area contributed by atoms with Gasteiger partial charge in [0.25, 0.3) is 17.4 Å². The number of halogens is 1. The van der Waals surface area contributed by atoms with Crippen molar-refractivity contribution < 1.29 is 18.7 Å². The normalized spacial score (nSPS) is 12.8. The van der Waals surface area contributed by atoms with Gasteiger partial charge in [-0.1, -0.05) is 25.1 Å². The highest BCUT2D eigenvalue weighted by molar-refractivity contribution is 6.05. The first-order valence-corrected chi connectivity index (χ1v) is 15.8. The SMILES string of the molecule is CCCn1c(=O)c2[nH]c(-c3ccc(N(CCCN4CCc5ccccc5C4=O)C(=O)c4ccc(F)nc4)nc3)nc2n(CCOC)c1=O. The molecule has 13 nitrogen and oxygen atoms in total. The Hall–Kier alpha value is -5.50. The number of benzene rings is 1. The number of fused-ring (bicyclic) bond motifs is 2. The molecular formula is C34H35FN8O5. The molecule has 0 saturated carbocycles. The van der Waals surface area contributed by atoms with Crippen LogP contribution in [0.4, 0.5) is 10.2 Å². The van der Waals surface area contributed by atoms with E-state index < -0.39 is 23.1 Å². The van der Waals surface area contributed by atoms with Gasteiger partial charge in [0.15, 0.2) is 5.65 Å². The van der Waals surface area contributed by atoms with Crippen LogP contribution in [-0.2, 0) is 24.2 Å². The average molecular weight is 655 g/mol. The number of methoxy groups -OCH3 is 1. The summed E-state index contributed by atoms with van der Waals surface area (Å²) >= 11 is 0. The van der Waals surface area contributed by atoms with Crippen LogP contribution in [-0.4, -0.2) is 79.1 Å². The number of amides is 2. The summed E-state index contributed by atoms with van der Waals surface area (Å²) in [5, 5.41) is 0. The Morgan fingerprint density at radius 3 is 2.56 bits per heavy atom. The molecule has 1 N–H and O–H groups in total. The van der Waals surface area contributed by atoms with Crippen LogP contribution in [0.3, 0.4) is 0 Å². The Labute approximate surface area is 274 Å². The molecule has 48 heavy (non-hydrogen) atoms. The number of hydrogen-bond acceptors (Lipinski definition) is 8. The minimum atomic E-state index is -0.704. The van der Waals surface area contributed by atoms with Gasteiger partial charge >= 0.3 is 5.69 Å². The van der Waals surface area contributed by atoms with Crippen LogP contribution < -0.4 is 16.1 Å². The number of carbonyl (C=O) groups is 2. The number of nitrogens with one attached hydrogen (secondary N) is 1. The molecule has 0 fully saturated rings. The molecule has 0 unspecified atom stereocenters. The van der Waals surface area contributed by atoms with Crippen LogP contribution in [0, 0.1) is 5.95 Å². The minimum absolute atomic E-state index is 0.0418. The van der Waals surface area contributed by atoms with Crippen molar-refractivity contribution in [1.82, 2.24) is 34.0 Å². The molecule has 2 amide bonds. The summed E-state index contributed by atoms with van der Waals surface area (Å²) in [5.74, 6) is -0.531. The van der Waals surface area contributed by atoms with Crippen LogP contribution in [0.15, 0.2) is 70.5 Å². The van der Waals surface area contributed by atoms with Crippen LogP contribution in [0.1, 0.15) is 46.0 Å². The van der Waals surface area contributed by atoms with Crippen molar-refractivity contribution in [2.45, 2.75) is 39.3 Å². The lowest BCUT2D eigenvalue weighted by Crippen LogP contribution is -2.40. The van der Waals surface area contributed by atoms with E-state index in [1.54, 1.807) is 17.0 Å². The summed E-state index contributed by atoms with van der Waals surface area (Å²) in [5.41, 5.74) is 1.90. The number of H-pyrrole nitrogens is 1. The molecule has 0 atom stereocenters. The first-order chi connectivity index (χ1) is 23.3. The number of anilines is 1. The number of rotatable bonds is 12. The van der Waals surface area contributed by atoms with Crippen LogP contribution >= 0.6 is 0 Å². The Morgan fingerprint density at radius 2 is 1.83 bits per heavy atom. The first-order valence-electron chi connectivity index (χ1n) is 15.8. The molecule has 6 rings (SSSR count). The van der Waals surface area contributed by atoms with Gasteiger partial charge in [-0.2, -0.15) is 4.39 Å². The Morgan fingerprint density at radius 1 is 1.00 bits per heavy atom. The van der Waals surface area contributed by atoms with E-state index in [4.69, 9.17) is 4.74 Å². The summed E-state index contributed by atoms with van der Waals surface area (Å²) in [4.78, 5) is 72.2. The van der Waals surface area contributed by atoms with Gasteiger partial charge in [-0.05, 0) is 55.2 Å². The third kappa shape index (κ3) is 6.38. The minimum Gasteiger partial charge on any atom is -0.383 e. The molecule has 0 spiro atoms. The number of ether oxygens (including phenoxy) is 1. The molecule has 248 valence electrons. The maximum atomic E-state index is 13.7. The van der Waals surface area contributed by atoms with E-state index in [-0.39, 0.29) is 48.9 Å². The van der Waals surface area contributed by atoms with Gasteiger partial charge in [0, 0.05) is 56.8 Å². The number of aromatic nitrogens is 6. The van der Waals surface area contributed by atoms with Gasteiger partial charge in [-0.15, -0.1) is 0 Å².